The summed E-state index contributed by atoms with van der Waals surface area (Å²) in [4.78, 5) is 6.90. The smallest absolute Gasteiger partial charge is 0.191 e. The van der Waals surface area contributed by atoms with Crippen molar-refractivity contribution in [2.75, 3.05) is 20.6 Å². The number of piperidine rings is 2. The molecule has 0 amide bonds. The van der Waals surface area contributed by atoms with Crippen LogP contribution in [0.1, 0.15) is 39.0 Å². The summed E-state index contributed by atoms with van der Waals surface area (Å²) in [7, 11) is 4.05. The van der Waals surface area contributed by atoms with E-state index in [1.165, 1.54) is 25.3 Å². The van der Waals surface area contributed by atoms with Gasteiger partial charge in [0.05, 0.1) is 6.54 Å². The first-order valence-corrected chi connectivity index (χ1v) is 9.67. The van der Waals surface area contributed by atoms with Gasteiger partial charge in [-0.2, -0.15) is 0 Å². The maximum Gasteiger partial charge on any atom is 0.191 e. The van der Waals surface area contributed by atoms with Crippen molar-refractivity contribution in [1.29, 1.82) is 0 Å². The van der Waals surface area contributed by atoms with E-state index in [1.54, 1.807) is 25.2 Å². The minimum Gasteiger partial charge on any atom is -0.486 e. The number of guanidine groups is 1. The van der Waals surface area contributed by atoms with Crippen molar-refractivity contribution in [2.24, 2.45) is 4.99 Å². The normalized spacial score (nSPS) is 26.7. The van der Waals surface area contributed by atoms with Crippen LogP contribution in [-0.2, 0) is 0 Å². The molecule has 0 aliphatic carbocycles. The summed E-state index contributed by atoms with van der Waals surface area (Å²) < 4.78 is 19.4. The molecule has 1 aromatic rings. The molecule has 3 unspecified atom stereocenters. The molecular weight excluding hydrogens is 458 g/mol. The highest BCUT2D eigenvalue weighted by Gasteiger charge is 2.36. The molecular formula is C20H32FIN4O. The number of benzene rings is 1. The summed E-state index contributed by atoms with van der Waals surface area (Å²) in [5, 5.41) is 6.88. The van der Waals surface area contributed by atoms with Gasteiger partial charge in [-0.25, -0.2) is 4.39 Å². The summed E-state index contributed by atoms with van der Waals surface area (Å²) >= 11 is 0. The monoisotopic (exact) mass is 490 g/mol. The Balaban J connectivity index is 0.00000261. The number of nitrogens with zero attached hydrogens (tertiary/aromatic N) is 2. The van der Waals surface area contributed by atoms with Gasteiger partial charge in [-0.05, 0) is 51.8 Å². The van der Waals surface area contributed by atoms with Crippen LogP contribution < -0.4 is 15.4 Å². The third kappa shape index (κ3) is 5.94. The summed E-state index contributed by atoms with van der Waals surface area (Å²) in [5.41, 5.74) is 0. The van der Waals surface area contributed by atoms with Crippen LogP contribution in [0.15, 0.2) is 29.3 Å². The molecule has 3 rings (SSSR count). The molecule has 5 nitrogen and oxygen atoms in total. The molecule has 1 aromatic carbocycles. The highest BCUT2D eigenvalue weighted by molar-refractivity contribution is 14.0. The fraction of sp³-hybridized carbons (Fsp3) is 0.650. The van der Waals surface area contributed by atoms with Crippen molar-refractivity contribution in [2.45, 2.75) is 63.3 Å². The first-order chi connectivity index (χ1) is 12.6. The molecule has 2 heterocycles. The first-order valence-electron chi connectivity index (χ1n) is 9.67. The minimum absolute atomic E-state index is 0. The zero-order valence-electron chi connectivity index (χ0n) is 16.5. The van der Waals surface area contributed by atoms with E-state index in [2.05, 4.69) is 27.6 Å². The van der Waals surface area contributed by atoms with E-state index in [0.29, 0.717) is 24.7 Å². The number of fused-ring (bicyclic) bond motifs is 2. The molecule has 0 spiro atoms. The van der Waals surface area contributed by atoms with Crippen LogP contribution in [0.4, 0.5) is 4.39 Å². The zero-order valence-corrected chi connectivity index (χ0v) is 18.8. The predicted octanol–water partition coefficient (Wildman–Crippen LogP) is 3.39. The van der Waals surface area contributed by atoms with Crippen LogP contribution in [0.3, 0.4) is 0 Å². The van der Waals surface area contributed by atoms with Crippen LogP contribution in [0.25, 0.3) is 0 Å². The first kappa shape index (κ1) is 22.2. The van der Waals surface area contributed by atoms with Crippen molar-refractivity contribution in [3.63, 3.8) is 0 Å². The lowest BCUT2D eigenvalue weighted by Crippen LogP contribution is -2.57. The lowest BCUT2D eigenvalue weighted by Gasteiger charge is -2.47. The van der Waals surface area contributed by atoms with Crippen LogP contribution >= 0.6 is 24.0 Å². The Kier molecular flexibility index (Phi) is 8.60. The average Bonchev–Trinajstić information content (AvgIpc) is 2.61. The van der Waals surface area contributed by atoms with Gasteiger partial charge >= 0.3 is 0 Å². The number of ether oxygens (including phenoxy) is 1. The third-order valence-electron chi connectivity index (χ3n) is 5.63. The molecule has 27 heavy (non-hydrogen) atoms. The lowest BCUT2D eigenvalue weighted by atomic mass is 9.82. The van der Waals surface area contributed by atoms with Gasteiger partial charge in [0.2, 0.25) is 0 Å². The quantitative estimate of drug-likeness (QED) is 0.378. The Hall–Kier alpha value is -1.09. The van der Waals surface area contributed by atoms with Gasteiger partial charge in [0.25, 0.3) is 0 Å². The van der Waals surface area contributed by atoms with Gasteiger partial charge in [-0.3, -0.25) is 4.99 Å². The second kappa shape index (κ2) is 10.5. The SMILES string of the molecule is CN=C(NCC(C)Oc1ccccc1F)NC1CC2CCCC(C1)N2C.I. The van der Waals surface area contributed by atoms with Crippen LogP contribution in [0.2, 0.25) is 0 Å². The molecule has 2 saturated heterocycles. The number of para-hydroxylation sites is 1. The van der Waals surface area contributed by atoms with Gasteiger partial charge in [-0.1, -0.05) is 18.6 Å². The van der Waals surface area contributed by atoms with E-state index in [4.69, 9.17) is 4.74 Å². The Morgan fingerprint density at radius 3 is 2.59 bits per heavy atom. The van der Waals surface area contributed by atoms with Crippen LogP contribution in [0.5, 0.6) is 5.75 Å². The second-order valence-corrected chi connectivity index (χ2v) is 7.53. The van der Waals surface area contributed by atoms with Crippen molar-refractivity contribution in [3.05, 3.63) is 30.1 Å². The van der Waals surface area contributed by atoms with E-state index in [1.807, 2.05) is 6.92 Å². The van der Waals surface area contributed by atoms with E-state index in [-0.39, 0.29) is 41.6 Å². The molecule has 0 aromatic heterocycles. The molecule has 0 saturated carbocycles. The number of hydrogen-bond acceptors (Lipinski definition) is 3. The van der Waals surface area contributed by atoms with Gasteiger partial charge in [0, 0.05) is 25.2 Å². The molecule has 3 atom stereocenters. The predicted molar refractivity (Wildman–Crippen MR) is 119 cm³/mol. The van der Waals surface area contributed by atoms with Crippen LogP contribution in [0, 0.1) is 5.82 Å². The van der Waals surface area contributed by atoms with Crippen LogP contribution in [-0.4, -0.2) is 55.7 Å². The number of halogens is 2. The van der Waals surface area contributed by atoms with E-state index >= 15 is 0 Å². The standard InChI is InChI=1S/C20H31FN4O.HI/c1-14(26-19-10-5-4-9-18(19)21)13-23-20(22-2)24-15-11-16-7-6-8-17(12-15)25(16)3;/h4-5,9-10,14-17H,6-8,11-13H2,1-3H3,(H2,22,23,24);1H. The second-order valence-electron chi connectivity index (χ2n) is 7.53. The molecule has 2 aliphatic heterocycles. The summed E-state index contributed by atoms with van der Waals surface area (Å²) in [6.07, 6.45) is 6.10. The van der Waals surface area contributed by atoms with Gasteiger partial charge < -0.3 is 20.3 Å². The maximum atomic E-state index is 13.7. The van der Waals surface area contributed by atoms with Gasteiger partial charge in [-0.15, -0.1) is 24.0 Å². The number of aliphatic imine (C=N–C) groups is 1. The Morgan fingerprint density at radius 2 is 1.96 bits per heavy atom. The molecule has 2 N–H and O–H groups in total. The Morgan fingerprint density at radius 1 is 1.30 bits per heavy atom. The summed E-state index contributed by atoms with van der Waals surface area (Å²) in [5.74, 6) is 0.745. The minimum atomic E-state index is -0.334. The summed E-state index contributed by atoms with van der Waals surface area (Å²) in [6, 6.07) is 8.31. The van der Waals surface area contributed by atoms with Crippen molar-refractivity contribution in [1.82, 2.24) is 15.5 Å². The van der Waals surface area contributed by atoms with E-state index < -0.39 is 0 Å². The Labute approximate surface area is 179 Å². The lowest BCUT2D eigenvalue weighted by molar-refractivity contribution is 0.0526. The fourth-order valence-electron chi connectivity index (χ4n) is 4.16. The fourth-order valence-corrected chi connectivity index (χ4v) is 4.16. The topological polar surface area (TPSA) is 48.9 Å². The van der Waals surface area contributed by atoms with Crippen molar-refractivity contribution < 1.29 is 9.13 Å². The Bertz CT molecular complexity index is 616. The number of rotatable bonds is 5. The molecule has 152 valence electrons. The molecule has 2 aliphatic rings. The third-order valence-corrected chi connectivity index (χ3v) is 5.63. The zero-order chi connectivity index (χ0) is 18.5. The maximum absolute atomic E-state index is 13.7. The highest BCUT2D eigenvalue weighted by Crippen LogP contribution is 2.32. The van der Waals surface area contributed by atoms with Gasteiger partial charge in [0.1, 0.15) is 6.10 Å². The van der Waals surface area contributed by atoms with Gasteiger partial charge in [0.15, 0.2) is 17.5 Å². The summed E-state index contributed by atoms with van der Waals surface area (Å²) in [6.45, 7) is 2.49. The molecule has 0 radical (unpaired) electrons. The molecule has 2 bridgehead atoms. The largest absolute Gasteiger partial charge is 0.486 e. The number of hydrogen-bond donors (Lipinski definition) is 2. The van der Waals surface area contributed by atoms with E-state index in [0.717, 1.165) is 18.8 Å². The highest BCUT2D eigenvalue weighted by atomic mass is 127. The average molecular weight is 490 g/mol. The van der Waals surface area contributed by atoms with Crippen molar-refractivity contribution >= 4 is 29.9 Å². The molecule has 2 fully saturated rings. The molecule has 7 heteroatoms. The van der Waals surface area contributed by atoms with Crippen molar-refractivity contribution in [3.8, 4) is 5.75 Å². The number of nitrogens with one attached hydrogen (secondary N) is 2. The van der Waals surface area contributed by atoms with E-state index in [9.17, 15) is 4.39 Å².